The first-order valence-corrected chi connectivity index (χ1v) is 7.72. The predicted molar refractivity (Wildman–Crippen MR) is 79.0 cm³/mol. The molecule has 2 aliphatic rings. The molecule has 110 valence electrons. The summed E-state index contributed by atoms with van der Waals surface area (Å²) in [5.41, 5.74) is -1.02. The smallest absolute Gasteiger partial charge is 0.252 e. The van der Waals surface area contributed by atoms with Gasteiger partial charge in [-0.3, -0.25) is 4.79 Å². The first-order chi connectivity index (χ1) is 9.55. The molecular weight excluding hydrogens is 276 g/mol. The highest BCUT2D eigenvalue weighted by Crippen LogP contribution is 2.49. The number of halogens is 1. The lowest BCUT2D eigenvalue weighted by molar-refractivity contribution is -0.115. The Kier molecular flexibility index (Phi) is 3.65. The number of nitrogens with one attached hydrogen (secondary N) is 1. The Morgan fingerprint density at radius 3 is 2.80 bits per heavy atom. The Morgan fingerprint density at radius 2 is 2.10 bits per heavy atom. The van der Waals surface area contributed by atoms with Crippen LogP contribution in [0.25, 0.3) is 0 Å². The maximum Gasteiger partial charge on any atom is 0.252 e. The second kappa shape index (κ2) is 5.17. The van der Waals surface area contributed by atoms with Gasteiger partial charge in [0.1, 0.15) is 0 Å². The number of pyridine rings is 1. The van der Waals surface area contributed by atoms with E-state index in [9.17, 15) is 9.90 Å². The summed E-state index contributed by atoms with van der Waals surface area (Å²) in [5, 5.41) is 15.1. The van der Waals surface area contributed by atoms with E-state index < -0.39 is 5.60 Å². The molecule has 1 saturated heterocycles. The molecule has 1 atom stereocenters. The molecule has 2 N–H and O–H groups in total. The van der Waals surface area contributed by atoms with Gasteiger partial charge in [-0.25, -0.2) is 0 Å². The third kappa shape index (κ3) is 2.30. The molecule has 0 radical (unpaired) electrons. The van der Waals surface area contributed by atoms with Crippen molar-refractivity contribution in [1.29, 1.82) is 0 Å². The average molecular weight is 297 g/mol. The molecule has 1 aliphatic heterocycles. The second-order valence-electron chi connectivity index (χ2n) is 6.26. The van der Waals surface area contributed by atoms with Crippen LogP contribution in [0.15, 0.2) is 23.1 Å². The quantitative estimate of drug-likeness (QED) is 0.875. The fourth-order valence-corrected chi connectivity index (χ4v) is 4.04. The van der Waals surface area contributed by atoms with Crippen molar-refractivity contribution in [2.75, 3.05) is 13.1 Å². The van der Waals surface area contributed by atoms with Gasteiger partial charge in [0, 0.05) is 29.2 Å². The van der Waals surface area contributed by atoms with E-state index in [-0.39, 0.29) is 11.0 Å². The van der Waals surface area contributed by atoms with Crippen LogP contribution in [-0.2, 0) is 6.54 Å². The van der Waals surface area contributed by atoms with Crippen LogP contribution in [0.3, 0.4) is 0 Å². The average Bonchev–Trinajstić information content (AvgIpc) is 2.87. The molecule has 20 heavy (non-hydrogen) atoms. The van der Waals surface area contributed by atoms with Crippen LogP contribution in [-0.4, -0.2) is 28.4 Å². The number of hydrogen-bond acceptors (Lipinski definition) is 3. The van der Waals surface area contributed by atoms with Crippen molar-refractivity contribution in [3.05, 3.63) is 33.7 Å². The molecule has 1 saturated carbocycles. The maximum absolute atomic E-state index is 12.0. The van der Waals surface area contributed by atoms with Crippen molar-refractivity contribution in [3.63, 3.8) is 0 Å². The maximum atomic E-state index is 12.0. The lowest BCUT2D eigenvalue weighted by Crippen LogP contribution is -2.60. The van der Waals surface area contributed by atoms with E-state index in [1.54, 1.807) is 16.8 Å². The third-order valence-electron chi connectivity index (χ3n) is 5.12. The first-order valence-electron chi connectivity index (χ1n) is 7.34. The van der Waals surface area contributed by atoms with Gasteiger partial charge in [0.05, 0.1) is 12.1 Å². The molecule has 0 bridgehead atoms. The van der Waals surface area contributed by atoms with Crippen LogP contribution in [0.1, 0.15) is 32.1 Å². The topological polar surface area (TPSA) is 54.3 Å². The summed E-state index contributed by atoms with van der Waals surface area (Å²) in [5.74, 6) is 0. The lowest BCUT2D eigenvalue weighted by Gasteiger charge is -2.49. The summed E-state index contributed by atoms with van der Waals surface area (Å²) in [6, 6.07) is 3.11. The van der Waals surface area contributed by atoms with Crippen LogP contribution in [0, 0.1) is 5.41 Å². The molecule has 5 heteroatoms. The van der Waals surface area contributed by atoms with Crippen molar-refractivity contribution in [1.82, 2.24) is 9.88 Å². The standard InChI is InChI=1S/C15H21ClN2O2/c16-12-3-8-18(13(19)9-12)11-15(20)6-7-17-10-14(15)4-1-2-5-14/h3,8-9,17,20H,1-2,4-7,10-11H2/t15-/m1/s1. The van der Waals surface area contributed by atoms with Gasteiger partial charge in [-0.1, -0.05) is 24.4 Å². The fraction of sp³-hybridized carbons (Fsp3) is 0.667. The molecule has 3 rings (SSSR count). The van der Waals surface area contributed by atoms with Gasteiger partial charge in [0.25, 0.3) is 5.56 Å². The van der Waals surface area contributed by atoms with Gasteiger partial charge in [0.15, 0.2) is 0 Å². The molecule has 2 fully saturated rings. The van der Waals surface area contributed by atoms with E-state index in [0.717, 1.165) is 25.9 Å². The second-order valence-corrected chi connectivity index (χ2v) is 6.69. The number of aromatic nitrogens is 1. The number of aliphatic hydroxyl groups is 1. The summed E-state index contributed by atoms with van der Waals surface area (Å²) in [6.45, 7) is 2.02. The fourth-order valence-electron chi connectivity index (χ4n) is 3.89. The number of piperidine rings is 1. The zero-order chi connectivity index (χ0) is 14.2. The van der Waals surface area contributed by atoms with Crippen molar-refractivity contribution >= 4 is 11.6 Å². The molecular formula is C15H21ClN2O2. The Hall–Kier alpha value is -0.840. The van der Waals surface area contributed by atoms with E-state index in [1.165, 1.54) is 18.9 Å². The van der Waals surface area contributed by atoms with E-state index in [1.807, 2.05) is 0 Å². The summed E-state index contributed by atoms with van der Waals surface area (Å²) < 4.78 is 1.59. The summed E-state index contributed by atoms with van der Waals surface area (Å²) in [7, 11) is 0. The van der Waals surface area contributed by atoms with Gasteiger partial charge in [0.2, 0.25) is 0 Å². The van der Waals surface area contributed by atoms with Crippen molar-refractivity contribution in [2.24, 2.45) is 5.41 Å². The largest absolute Gasteiger partial charge is 0.387 e. The summed E-state index contributed by atoms with van der Waals surface area (Å²) >= 11 is 5.83. The zero-order valence-electron chi connectivity index (χ0n) is 11.6. The Labute approximate surface area is 123 Å². The summed E-state index contributed by atoms with van der Waals surface area (Å²) in [4.78, 5) is 12.0. The van der Waals surface area contributed by atoms with Crippen LogP contribution < -0.4 is 10.9 Å². The normalized spacial score (nSPS) is 28.9. The third-order valence-corrected chi connectivity index (χ3v) is 5.35. The highest BCUT2D eigenvalue weighted by molar-refractivity contribution is 6.30. The number of nitrogens with zero attached hydrogens (tertiary/aromatic N) is 1. The highest BCUT2D eigenvalue weighted by atomic mass is 35.5. The molecule has 1 aliphatic carbocycles. The molecule has 0 unspecified atom stereocenters. The van der Waals surface area contributed by atoms with Crippen LogP contribution >= 0.6 is 11.6 Å². The van der Waals surface area contributed by atoms with Crippen LogP contribution in [0.5, 0.6) is 0 Å². The SMILES string of the molecule is O=c1cc(Cl)ccn1C[C@]1(O)CCNCC12CCCC2. The molecule has 1 spiro atoms. The van der Waals surface area contributed by atoms with Crippen LogP contribution in [0.4, 0.5) is 0 Å². The molecule has 1 aromatic rings. The van der Waals surface area contributed by atoms with Crippen molar-refractivity contribution in [3.8, 4) is 0 Å². The highest BCUT2D eigenvalue weighted by Gasteiger charge is 2.53. The van der Waals surface area contributed by atoms with Gasteiger partial charge < -0.3 is 15.0 Å². The molecule has 2 heterocycles. The number of hydrogen-bond donors (Lipinski definition) is 2. The van der Waals surface area contributed by atoms with Gasteiger partial charge in [-0.15, -0.1) is 0 Å². The summed E-state index contributed by atoms with van der Waals surface area (Å²) in [6.07, 6.45) is 6.80. The lowest BCUT2D eigenvalue weighted by atomic mass is 9.66. The minimum Gasteiger partial charge on any atom is -0.387 e. The monoisotopic (exact) mass is 296 g/mol. The van der Waals surface area contributed by atoms with E-state index in [2.05, 4.69) is 5.32 Å². The van der Waals surface area contributed by atoms with Crippen molar-refractivity contribution < 1.29 is 5.11 Å². The minimum absolute atomic E-state index is 0.0790. The predicted octanol–water partition coefficient (Wildman–Crippen LogP) is 1.79. The molecule has 0 aromatic carbocycles. The van der Waals surface area contributed by atoms with E-state index >= 15 is 0 Å². The van der Waals surface area contributed by atoms with Gasteiger partial charge in [-0.05, 0) is 31.9 Å². The van der Waals surface area contributed by atoms with E-state index in [4.69, 9.17) is 11.6 Å². The Bertz CT molecular complexity index is 551. The zero-order valence-corrected chi connectivity index (χ0v) is 12.3. The van der Waals surface area contributed by atoms with Gasteiger partial charge >= 0.3 is 0 Å². The number of rotatable bonds is 2. The molecule has 4 nitrogen and oxygen atoms in total. The molecule has 0 amide bonds. The molecule has 1 aromatic heterocycles. The Balaban J connectivity index is 1.91. The van der Waals surface area contributed by atoms with Gasteiger partial charge in [-0.2, -0.15) is 0 Å². The Morgan fingerprint density at radius 1 is 1.35 bits per heavy atom. The van der Waals surface area contributed by atoms with Crippen molar-refractivity contribution in [2.45, 2.75) is 44.2 Å². The van der Waals surface area contributed by atoms with Crippen LogP contribution in [0.2, 0.25) is 5.02 Å². The minimum atomic E-state index is -0.799. The first kappa shape index (κ1) is 14.1. The van der Waals surface area contributed by atoms with E-state index in [0.29, 0.717) is 18.0 Å².